The van der Waals surface area contributed by atoms with E-state index in [0.717, 1.165) is 22.4 Å². The van der Waals surface area contributed by atoms with Gasteiger partial charge in [-0.15, -0.1) is 0 Å². The fraction of sp³-hybridized carbons (Fsp3) is 0.125. The van der Waals surface area contributed by atoms with Crippen LogP contribution in [0.25, 0.3) is 22.4 Å². The van der Waals surface area contributed by atoms with Gasteiger partial charge < -0.3 is 15.0 Å². The Bertz CT molecular complexity index is 721. The number of aromatic nitrogens is 2. The molecule has 0 aliphatic rings. The summed E-state index contributed by atoms with van der Waals surface area (Å²) in [6, 6.07) is 11.4. The van der Waals surface area contributed by atoms with Crippen molar-refractivity contribution >= 4 is 5.88 Å². The molecule has 2 aromatic heterocycles. The molecule has 3 rings (SSSR count). The highest BCUT2D eigenvalue weighted by Gasteiger charge is 2.17. The summed E-state index contributed by atoms with van der Waals surface area (Å²) in [6.45, 7) is 2.59. The van der Waals surface area contributed by atoms with Crippen molar-refractivity contribution in [2.24, 2.45) is 0 Å². The van der Waals surface area contributed by atoms with Crippen LogP contribution in [-0.2, 0) is 0 Å². The summed E-state index contributed by atoms with van der Waals surface area (Å²) in [6.07, 6.45) is 3.42. The average molecular weight is 281 g/mol. The summed E-state index contributed by atoms with van der Waals surface area (Å²) < 4.78 is 10.6. The lowest BCUT2D eigenvalue weighted by atomic mass is 10.0. The van der Waals surface area contributed by atoms with E-state index in [1.54, 1.807) is 12.4 Å². The zero-order valence-electron chi connectivity index (χ0n) is 11.6. The van der Waals surface area contributed by atoms with E-state index in [9.17, 15) is 0 Å². The third-order valence-electron chi connectivity index (χ3n) is 3.13. The van der Waals surface area contributed by atoms with Crippen molar-refractivity contribution in [2.45, 2.75) is 6.92 Å². The number of hydrogen-bond acceptors (Lipinski definition) is 5. The maximum absolute atomic E-state index is 5.93. The normalized spacial score (nSPS) is 10.5. The second-order valence-electron chi connectivity index (χ2n) is 4.46. The molecule has 0 saturated carbocycles. The van der Waals surface area contributed by atoms with Gasteiger partial charge >= 0.3 is 0 Å². The van der Waals surface area contributed by atoms with Gasteiger partial charge in [0, 0.05) is 18.0 Å². The quantitative estimate of drug-likeness (QED) is 0.793. The van der Waals surface area contributed by atoms with E-state index in [1.165, 1.54) is 0 Å². The van der Waals surface area contributed by atoms with Crippen LogP contribution in [0.2, 0.25) is 0 Å². The minimum atomic E-state index is 0.297. The van der Waals surface area contributed by atoms with Gasteiger partial charge in [0.25, 0.3) is 0 Å². The van der Waals surface area contributed by atoms with Gasteiger partial charge in [0.15, 0.2) is 0 Å². The smallest absolute Gasteiger partial charge is 0.230 e. The Hall–Kier alpha value is -2.82. The molecule has 0 fully saturated rings. The number of hydrogen-bond donors (Lipinski definition) is 1. The molecule has 2 heterocycles. The maximum Gasteiger partial charge on any atom is 0.230 e. The van der Waals surface area contributed by atoms with Crippen molar-refractivity contribution < 1.29 is 9.26 Å². The highest BCUT2D eigenvalue weighted by molar-refractivity contribution is 5.86. The minimum Gasteiger partial charge on any atom is -0.494 e. The molecule has 0 atom stereocenters. The molecule has 0 amide bonds. The van der Waals surface area contributed by atoms with Crippen LogP contribution >= 0.6 is 0 Å². The summed E-state index contributed by atoms with van der Waals surface area (Å²) in [4.78, 5) is 4.01. The van der Waals surface area contributed by atoms with Crippen LogP contribution in [0.4, 0.5) is 5.88 Å². The van der Waals surface area contributed by atoms with Crippen molar-refractivity contribution in [2.75, 3.05) is 12.3 Å². The van der Waals surface area contributed by atoms with Gasteiger partial charge in [0.1, 0.15) is 11.4 Å². The summed E-state index contributed by atoms with van der Waals surface area (Å²) >= 11 is 0. The molecule has 3 aromatic rings. The molecule has 0 saturated heterocycles. The van der Waals surface area contributed by atoms with Crippen molar-refractivity contribution in [3.63, 3.8) is 0 Å². The van der Waals surface area contributed by atoms with E-state index >= 15 is 0 Å². The van der Waals surface area contributed by atoms with Gasteiger partial charge in [-0.1, -0.05) is 17.3 Å². The van der Waals surface area contributed by atoms with Crippen molar-refractivity contribution in [1.29, 1.82) is 0 Å². The standard InChI is InChI=1S/C16H15N3O2/c1-2-20-13-5-3-11(4-6-13)14-15(19-21-16(14)17)12-7-9-18-10-8-12/h3-10H,2,17H2,1H3. The topological polar surface area (TPSA) is 74.2 Å². The van der Waals surface area contributed by atoms with Crippen LogP contribution in [0.3, 0.4) is 0 Å². The number of nitrogens with zero attached hydrogens (tertiary/aromatic N) is 2. The lowest BCUT2D eigenvalue weighted by Crippen LogP contribution is -1.92. The molecule has 0 bridgehead atoms. The van der Waals surface area contributed by atoms with Crippen molar-refractivity contribution in [3.05, 3.63) is 48.8 Å². The molecule has 0 radical (unpaired) electrons. The molecule has 1 aromatic carbocycles. The molecule has 5 heteroatoms. The molecule has 0 spiro atoms. The number of nitrogens with two attached hydrogens (primary N) is 1. The predicted octanol–water partition coefficient (Wildman–Crippen LogP) is 3.38. The fourth-order valence-electron chi connectivity index (χ4n) is 2.17. The maximum atomic E-state index is 5.93. The summed E-state index contributed by atoms with van der Waals surface area (Å²) in [5.41, 5.74) is 9.27. The number of pyridine rings is 1. The van der Waals surface area contributed by atoms with Crippen molar-refractivity contribution in [3.8, 4) is 28.1 Å². The average Bonchev–Trinajstić information content (AvgIpc) is 2.91. The van der Waals surface area contributed by atoms with Crippen LogP contribution in [0.1, 0.15) is 6.92 Å². The Kier molecular flexibility index (Phi) is 3.55. The van der Waals surface area contributed by atoms with Crippen LogP contribution in [-0.4, -0.2) is 16.7 Å². The van der Waals surface area contributed by atoms with Gasteiger partial charge in [-0.05, 0) is 36.8 Å². The van der Waals surface area contributed by atoms with Crippen LogP contribution in [0.15, 0.2) is 53.3 Å². The lowest BCUT2D eigenvalue weighted by molar-refractivity contribution is 0.340. The van der Waals surface area contributed by atoms with E-state index in [2.05, 4.69) is 10.1 Å². The van der Waals surface area contributed by atoms with Gasteiger partial charge in [-0.2, -0.15) is 0 Å². The summed E-state index contributed by atoms with van der Waals surface area (Å²) in [5, 5.41) is 4.06. The Labute approximate surface area is 122 Å². The SMILES string of the molecule is CCOc1ccc(-c2c(-c3ccncc3)noc2N)cc1. The van der Waals surface area contributed by atoms with E-state index in [-0.39, 0.29) is 0 Å². The molecule has 0 aliphatic carbocycles. The van der Waals surface area contributed by atoms with Crippen LogP contribution < -0.4 is 10.5 Å². The second kappa shape index (κ2) is 5.66. The predicted molar refractivity (Wildman–Crippen MR) is 80.8 cm³/mol. The lowest BCUT2D eigenvalue weighted by Gasteiger charge is -2.05. The molecule has 5 nitrogen and oxygen atoms in total. The Morgan fingerprint density at radius 2 is 1.76 bits per heavy atom. The Morgan fingerprint density at radius 3 is 2.43 bits per heavy atom. The van der Waals surface area contributed by atoms with Gasteiger partial charge in [0.2, 0.25) is 5.88 Å². The van der Waals surface area contributed by atoms with Gasteiger partial charge in [0.05, 0.1) is 12.2 Å². The minimum absolute atomic E-state index is 0.297. The number of anilines is 1. The summed E-state index contributed by atoms with van der Waals surface area (Å²) in [7, 11) is 0. The van der Waals surface area contributed by atoms with E-state index < -0.39 is 0 Å². The summed E-state index contributed by atoms with van der Waals surface area (Å²) in [5.74, 6) is 1.12. The molecule has 2 N–H and O–H groups in total. The largest absolute Gasteiger partial charge is 0.494 e. The third-order valence-corrected chi connectivity index (χ3v) is 3.13. The Balaban J connectivity index is 2.04. The first kappa shape index (κ1) is 13.2. The van der Waals surface area contributed by atoms with E-state index in [4.69, 9.17) is 15.0 Å². The molecule has 0 unspecified atom stereocenters. The molecule has 106 valence electrons. The molecular formula is C16H15N3O2. The highest BCUT2D eigenvalue weighted by Crippen LogP contribution is 2.36. The first-order valence-electron chi connectivity index (χ1n) is 6.68. The second-order valence-corrected chi connectivity index (χ2v) is 4.46. The van der Waals surface area contributed by atoms with E-state index in [1.807, 2.05) is 43.3 Å². The number of ether oxygens (including phenoxy) is 1. The van der Waals surface area contributed by atoms with Gasteiger partial charge in [-0.3, -0.25) is 4.98 Å². The molecule has 0 aliphatic heterocycles. The Morgan fingerprint density at radius 1 is 1.05 bits per heavy atom. The monoisotopic (exact) mass is 281 g/mol. The van der Waals surface area contributed by atoms with Crippen LogP contribution in [0.5, 0.6) is 5.75 Å². The third kappa shape index (κ3) is 2.58. The number of rotatable bonds is 4. The zero-order valence-corrected chi connectivity index (χ0v) is 11.6. The molecule has 21 heavy (non-hydrogen) atoms. The van der Waals surface area contributed by atoms with E-state index in [0.29, 0.717) is 18.2 Å². The fourth-order valence-corrected chi connectivity index (χ4v) is 2.17. The zero-order chi connectivity index (χ0) is 14.7. The number of benzene rings is 1. The molecular weight excluding hydrogens is 266 g/mol. The first-order chi connectivity index (χ1) is 10.3. The first-order valence-corrected chi connectivity index (χ1v) is 6.68. The van der Waals surface area contributed by atoms with Crippen LogP contribution in [0, 0.1) is 0 Å². The highest BCUT2D eigenvalue weighted by atomic mass is 16.5. The van der Waals surface area contributed by atoms with Gasteiger partial charge in [-0.25, -0.2) is 0 Å². The number of nitrogen functional groups attached to an aromatic ring is 1. The van der Waals surface area contributed by atoms with Crippen molar-refractivity contribution in [1.82, 2.24) is 10.1 Å².